The minimum Gasteiger partial charge on any atom is -0.351 e. The number of benzene rings is 1. The highest BCUT2D eigenvalue weighted by Gasteiger charge is 2.32. The Bertz CT molecular complexity index is 637. The molecule has 0 radical (unpaired) electrons. The third kappa shape index (κ3) is 5.32. The molecular formula is C19H25N3O3S. The molecule has 26 heavy (non-hydrogen) atoms. The highest BCUT2D eigenvalue weighted by Crippen LogP contribution is 2.18. The number of thioether (sulfide) groups is 1. The van der Waals surface area contributed by atoms with Gasteiger partial charge in [0.15, 0.2) is 0 Å². The van der Waals surface area contributed by atoms with Crippen molar-refractivity contribution in [1.29, 1.82) is 0 Å². The van der Waals surface area contributed by atoms with Crippen LogP contribution in [-0.2, 0) is 16.0 Å². The van der Waals surface area contributed by atoms with Gasteiger partial charge in [0.05, 0.1) is 5.75 Å². The van der Waals surface area contributed by atoms with Gasteiger partial charge in [-0.25, -0.2) is 0 Å². The Morgan fingerprint density at radius 2 is 2.04 bits per heavy atom. The van der Waals surface area contributed by atoms with E-state index in [1.54, 1.807) is 0 Å². The van der Waals surface area contributed by atoms with E-state index in [1.165, 1.54) is 5.56 Å². The molecular weight excluding hydrogens is 350 g/mol. The second-order valence-electron chi connectivity index (χ2n) is 6.83. The molecule has 2 fully saturated rings. The third-order valence-electron chi connectivity index (χ3n) is 4.80. The second-order valence-corrected chi connectivity index (χ2v) is 7.76. The van der Waals surface area contributed by atoms with Gasteiger partial charge in [0.25, 0.3) is 5.24 Å². The molecule has 0 saturated carbocycles. The molecule has 1 atom stereocenters. The van der Waals surface area contributed by atoms with Gasteiger partial charge in [0.1, 0.15) is 6.54 Å². The summed E-state index contributed by atoms with van der Waals surface area (Å²) in [5.41, 5.74) is 1.35. The van der Waals surface area contributed by atoms with Crippen molar-refractivity contribution in [3.8, 4) is 0 Å². The largest absolute Gasteiger partial charge is 0.351 e. The summed E-state index contributed by atoms with van der Waals surface area (Å²) in [5.74, 6) is -0.378. The average Bonchev–Trinajstić information content (AvgIpc) is 2.95. The molecule has 2 aliphatic rings. The van der Waals surface area contributed by atoms with Crippen molar-refractivity contribution in [3.63, 3.8) is 0 Å². The van der Waals surface area contributed by atoms with E-state index in [2.05, 4.69) is 34.5 Å². The zero-order valence-corrected chi connectivity index (χ0v) is 15.7. The van der Waals surface area contributed by atoms with Crippen molar-refractivity contribution in [2.24, 2.45) is 0 Å². The fourth-order valence-corrected chi connectivity index (χ4v) is 4.20. The number of carbonyl (C=O) groups excluding carboxylic acids is 3. The standard InChI is InChI=1S/C19H25N3O3S/c23-17(13-22-18(24)14-26-19(22)25)20-16-9-5-11-21(12-16)10-4-8-15-6-2-1-3-7-15/h1-3,6-7,16H,4-5,8-14H2,(H,20,23)/t16-/m1/s1. The minimum atomic E-state index is -0.323. The lowest BCUT2D eigenvalue weighted by Gasteiger charge is -2.33. The smallest absolute Gasteiger partial charge is 0.289 e. The number of imide groups is 1. The van der Waals surface area contributed by atoms with Gasteiger partial charge in [-0.1, -0.05) is 42.1 Å². The molecule has 7 heteroatoms. The molecule has 2 heterocycles. The van der Waals surface area contributed by atoms with Gasteiger partial charge in [-0.3, -0.25) is 19.3 Å². The van der Waals surface area contributed by atoms with E-state index in [4.69, 9.17) is 0 Å². The zero-order valence-electron chi connectivity index (χ0n) is 14.9. The predicted molar refractivity (Wildman–Crippen MR) is 102 cm³/mol. The van der Waals surface area contributed by atoms with Gasteiger partial charge in [-0.2, -0.15) is 0 Å². The number of piperidine rings is 1. The van der Waals surface area contributed by atoms with E-state index in [9.17, 15) is 14.4 Å². The molecule has 0 aliphatic carbocycles. The number of nitrogens with zero attached hydrogens (tertiary/aromatic N) is 2. The number of amides is 3. The van der Waals surface area contributed by atoms with Gasteiger partial charge in [-0.05, 0) is 44.3 Å². The fourth-order valence-electron chi connectivity index (χ4n) is 3.48. The molecule has 1 aromatic carbocycles. The second kappa shape index (κ2) is 9.19. The number of hydrogen-bond acceptors (Lipinski definition) is 5. The molecule has 140 valence electrons. The Kier molecular flexibility index (Phi) is 6.68. The van der Waals surface area contributed by atoms with E-state index in [0.29, 0.717) is 0 Å². The van der Waals surface area contributed by atoms with E-state index >= 15 is 0 Å². The number of aryl methyl sites for hydroxylation is 1. The number of hydrogen-bond donors (Lipinski definition) is 1. The first-order chi connectivity index (χ1) is 12.6. The zero-order chi connectivity index (χ0) is 18.4. The molecule has 0 bridgehead atoms. The molecule has 0 spiro atoms. The van der Waals surface area contributed by atoms with Crippen LogP contribution in [0, 0.1) is 0 Å². The summed E-state index contributed by atoms with van der Waals surface area (Å²) in [4.78, 5) is 38.8. The average molecular weight is 375 g/mol. The fraction of sp³-hybridized carbons (Fsp3) is 0.526. The molecule has 3 rings (SSSR count). The topological polar surface area (TPSA) is 69.7 Å². The van der Waals surface area contributed by atoms with Crippen LogP contribution in [0.1, 0.15) is 24.8 Å². The van der Waals surface area contributed by atoms with E-state index in [-0.39, 0.29) is 35.4 Å². The van der Waals surface area contributed by atoms with Crippen LogP contribution in [-0.4, -0.2) is 64.8 Å². The lowest BCUT2D eigenvalue weighted by atomic mass is 10.0. The Balaban J connectivity index is 1.39. The molecule has 3 amide bonds. The van der Waals surface area contributed by atoms with Gasteiger partial charge < -0.3 is 10.2 Å². The molecule has 0 aromatic heterocycles. The van der Waals surface area contributed by atoms with Crippen LogP contribution in [0.5, 0.6) is 0 Å². The number of carbonyl (C=O) groups is 3. The summed E-state index contributed by atoms with van der Waals surface area (Å²) in [7, 11) is 0. The Labute approximate surface area is 158 Å². The molecule has 0 unspecified atom stereocenters. The van der Waals surface area contributed by atoms with Crippen LogP contribution in [0.15, 0.2) is 30.3 Å². The first-order valence-electron chi connectivity index (χ1n) is 9.14. The van der Waals surface area contributed by atoms with Crippen molar-refractivity contribution < 1.29 is 14.4 Å². The maximum Gasteiger partial charge on any atom is 0.289 e. The Morgan fingerprint density at radius 1 is 1.23 bits per heavy atom. The van der Waals surface area contributed by atoms with E-state index in [1.807, 2.05) is 6.07 Å². The van der Waals surface area contributed by atoms with Crippen LogP contribution >= 0.6 is 11.8 Å². The minimum absolute atomic E-state index is 0.0911. The van der Waals surface area contributed by atoms with E-state index in [0.717, 1.165) is 62.0 Å². The summed E-state index contributed by atoms with van der Waals surface area (Å²) in [6.07, 6.45) is 4.15. The first-order valence-corrected chi connectivity index (χ1v) is 10.1. The van der Waals surface area contributed by atoms with Crippen LogP contribution in [0.25, 0.3) is 0 Å². The molecule has 2 aliphatic heterocycles. The van der Waals surface area contributed by atoms with Crippen LogP contribution in [0.3, 0.4) is 0 Å². The SMILES string of the molecule is O=C(CN1C(=O)CSC1=O)N[C@@H]1CCCN(CCCc2ccccc2)C1. The predicted octanol–water partition coefficient (Wildman–Crippen LogP) is 1.90. The molecule has 2 saturated heterocycles. The van der Waals surface area contributed by atoms with Crippen molar-refractivity contribution >= 4 is 28.8 Å². The summed E-state index contributed by atoms with van der Waals surface area (Å²) in [5, 5.41) is 2.67. The van der Waals surface area contributed by atoms with Crippen molar-refractivity contribution in [1.82, 2.24) is 15.1 Å². The van der Waals surface area contributed by atoms with Crippen LogP contribution < -0.4 is 5.32 Å². The first kappa shape index (κ1) is 18.9. The van der Waals surface area contributed by atoms with Gasteiger partial charge in [-0.15, -0.1) is 0 Å². The number of likely N-dealkylation sites (tertiary alicyclic amines) is 1. The van der Waals surface area contributed by atoms with Crippen molar-refractivity contribution in [2.75, 3.05) is 31.9 Å². The maximum absolute atomic E-state index is 12.2. The van der Waals surface area contributed by atoms with Crippen LogP contribution in [0.2, 0.25) is 0 Å². The number of nitrogens with one attached hydrogen (secondary N) is 1. The lowest BCUT2D eigenvalue weighted by molar-refractivity contribution is -0.131. The van der Waals surface area contributed by atoms with Gasteiger partial charge in [0, 0.05) is 12.6 Å². The van der Waals surface area contributed by atoms with Gasteiger partial charge in [0.2, 0.25) is 11.8 Å². The molecule has 6 nitrogen and oxygen atoms in total. The van der Waals surface area contributed by atoms with E-state index < -0.39 is 0 Å². The maximum atomic E-state index is 12.2. The summed E-state index contributed by atoms with van der Waals surface area (Å²) in [6.45, 7) is 2.74. The molecule has 1 aromatic rings. The number of rotatable bonds is 7. The monoisotopic (exact) mass is 375 g/mol. The quantitative estimate of drug-likeness (QED) is 0.788. The van der Waals surface area contributed by atoms with Crippen molar-refractivity contribution in [2.45, 2.75) is 31.7 Å². The molecule has 1 N–H and O–H groups in total. The summed E-state index contributed by atoms with van der Waals surface area (Å²) < 4.78 is 0. The Morgan fingerprint density at radius 3 is 2.77 bits per heavy atom. The summed E-state index contributed by atoms with van der Waals surface area (Å²) >= 11 is 0.958. The third-order valence-corrected chi connectivity index (χ3v) is 5.65. The normalized spacial score (nSPS) is 21.2. The Hall–Kier alpha value is -1.86. The summed E-state index contributed by atoms with van der Waals surface area (Å²) in [6, 6.07) is 10.6. The highest BCUT2D eigenvalue weighted by atomic mass is 32.2. The van der Waals surface area contributed by atoms with Crippen molar-refractivity contribution in [3.05, 3.63) is 35.9 Å². The lowest BCUT2D eigenvalue weighted by Crippen LogP contribution is -2.50. The van der Waals surface area contributed by atoms with Gasteiger partial charge >= 0.3 is 0 Å². The highest BCUT2D eigenvalue weighted by molar-refractivity contribution is 8.14. The van der Waals surface area contributed by atoms with Crippen LogP contribution in [0.4, 0.5) is 4.79 Å².